The third kappa shape index (κ3) is 4.93. The van der Waals surface area contributed by atoms with E-state index in [9.17, 15) is 9.59 Å². The fraction of sp³-hybridized carbons (Fsp3) is 0.273. The van der Waals surface area contributed by atoms with Crippen LogP contribution in [-0.4, -0.2) is 46.2 Å². The van der Waals surface area contributed by atoms with Crippen molar-refractivity contribution in [3.63, 3.8) is 0 Å². The molecule has 2 atom stereocenters. The molecule has 0 saturated carbocycles. The lowest BCUT2D eigenvalue weighted by Crippen LogP contribution is -2.50. The van der Waals surface area contributed by atoms with E-state index in [1.165, 1.54) is 0 Å². The van der Waals surface area contributed by atoms with Crippen molar-refractivity contribution in [2.24, 2.45) is 5.92 Å². The average Bonchev–Trinajstić information content (AvgIpc) is 2.72. The summed E-state index contributed by atoms with van der Waals surface area (Å²) in [6.07, 6.45) is 3.00. The summed E-state index contributed by atoms with van der Waals surface area (Å²) in [5.74, 6) is -0.0377. The summed E-state index contributed by atoms with van der Waals surface area (Å²) in [5.41, 5.74) is 2.39. The Kier molecular flexibility index (Phi) is 6.03. The summed E-state index contributed by atoms with van der Waals surface area (Å²) < 4.78 is 0.892. The molecule has 1 aromatic carbocycles. The van der Waals surface area contributed by atoms with Crippen LogP contribution in [0.25, 0.3) is 10.9 Å². The van der Waals surface area contributed by atoms with Gasteiger partial charge in [-0.2, -0.15) is 0 Å². The molecule has 1 aliphatic rings. The minimum absolute atomic E-state index is 0.182. The number of carbonyl (C=O) groups excluding carboxylic acids is 1. The molecule has 1 fully saturated rings. The van der Waals surface area contributed by atoms with Gasteiger partial charge in [0.25, 0.3) is 5.91 Å². The molecule has 160 valence electrons. The molecular weight excluding hydrogens is 462 g/mol. The van der Waals surface area contributed by atoms with Crippen LogP contribution in [0.3, 0.4) is 0 Å². The second kappa shape index (κ2) is 8.89. The molecule has 0 radical (unpaired) electrons. The normalized spacial score (nSPS) is 18.6. The number of carbonyl (C=O) groups is 2. The summed E-state index contributed by atoms with van der Waals surface area (Å²) in [6.45, 7) is 3.36. The van der Waals surface area contributed by atoms with Crippen LogP contribution in [0.1, 0.15) is 23.8 Å². The van der Waals surface area contributed by atoms with Gasteiger partial charge in [-0.3, -0.25) is 9.78 Å². The molecule has 3 heterocycles. The number of nitrogens with zero attached hydrogens (tertiary/aromatic N) is 3. The molecular formula is C22H22BrN5O3. The zero-order valence-corrected chi connectivity index (χ0v) is 18.5. The fourth-order valence-corrected chi connectivity index (χ4v) is 4.34. The van der Waals surface area contributed by atoms with Crippen molar-refractivity contribution in [2.75, 3.05) is 23.3 Å². The molecule has 0 spiro atoms. The van der Waals surface area contributed by atoms with E-state index in [0.717, 1.165) is 34.0 Å². The number of piperidine rings is 1. The zero-order chi connectivity index (χ0) is 22.0. The van der Waals surface area contributed by atoms with E-state index >= 15 is 0 Å². The van der Waals surface area contributed by atoms with E-state index in [-0.39, 0.29) is 11.9 Å². The first-order chi connectivity index (χ1) is 14.9. The van der Waals surface area contributed by atoms with E-state index in [0.29, 0.717) is 23.8 Å². The third-order valence-corrected chi connectivity index (χ3v) is 5.75. The van der Waals surface area contributed by atoms with Crippen molar-refractivity contribution < 1.29 is 14.7 Å². The molecule has 0 bridgehead atoms. The second-order valence-corrected chi connectivity index (χ2v) is 8.69. The van der Waals surface area contributed by atoms with E-state index in [4.69, 9.17) is 5.11 Å². The predicted molar refractivity (Wildman–Crippen MR) is 123 cm³/mol. The first kappa shape index (κ1) is 21.0. The van der Waals surface area contributed by atoms with Gasteiger partial charge >= 0.3 is 6.09 Å². The van der Waals surface area contributed by atoms with Crippen LogP contribution >= 0.6 is 15.9 Å². The molecule has 9 heteroatoms. The van der Waals surface area contributed by atoms with Crippen LogP contribution < -0.4 is 15.5 Å². The fourth-order valence-electron chi connectivity index (χ4n) is 3.99. The Bertz CT molecular complexity index is 1140. The largest absolute Gasteiger partial charge is 0.465 e. The maximum Gasteiger partial charge on any atom is 0.404 e. The van der Waals surface area contributed by atoms with Crippen LogP contribution in [-0.2, 0) is 0 Å². The van der Waals surface area contributed by atoms with Crippen molar-refractivity contribution in [1.82, 2.24) is 15.3 Å². The van der Waals surface area contributed by atoms with Gasteiger partial charge in [-0.1, -0.05) is 35.0 Å². The number of hydrogen-bond acceptors (Lipinski definition) is 5. The van der Waals surface area contributed by atoms with Crippen LogP contribution in [0.4, 0.5) is 16.2 Å². The van der Waals surface area contributed by atoms with Gasteiger partial charge in [0.2, 0.25) is 0 Å². The number of nitrogens with one attached hydrogen (secondary N) is 2. The SMILES string of the molecule is C[C@@H]1C[C@H](NC(=O)O)CN(c2ccncc2NC(=O)c2ccc3ccc(Br)cc3n2)C1. The number of benzene rings is 1. The van der Waals surface area contributed by atoms with Gasteiger partial charge in [0.1, 0.15) is 5.69 Å². The highest BCUT2D eigenvalue weighted by molar-refractivity contribution is 9.10. The van der Waals surface area contributed by atoms with Crippen molar-refractivity contribution in [1.29, 1.82) is 0 Å². The number of fused-ring (bicyclic) bond motifs is 1. The van der Waals surface area contributed by atoms with E-state index in [2.05, 4.69) is 48.4 Å². The Morgan fingerprint density at radius 3 is 2.81 bits per heavy atom. The maximum atomic E-state index is 12.9. The second-order valence-electron chi connectivity index (χ2n) is 7.77. The summed E-state index contributed by atoms with van der Waals surface area (Å²) in [5, 5.41) is 15.5. The minimum atomic E-state index is -1.03. The lowest BCUT2D eigenvalue weighted by molar-refractivity contribution is 0.102. The molecule has 8 nitrogen and oxygen atoms in total. The number of hydrogen-bond donors (Lipinski definition) is 3. The highest BCUT2D eigenvalue weighted by atomic mass is 79.9. The van der Waals surface area contributed by atoms with E-state index in [1.54, 1.807) is 18.5 Å². The maximum absolute atomic E-state index is 12.9. The van der Waals surface area contributed by atoms with Gasteiger partial charge in [-0.05, 0) is 36.6 Å². The van der Waals surface area contributed by atoms with Crippen molar-refractivity contribution >= 4 is 50.2 Å². The molecule has 1 saturated heterocycles. The Balaban J connectivity index is 1.57. The van der Waals surface area contributed by atoms with E-state index < -0.39 is 6.09 Å². The average molecular weight is 484 g/mol. The van der Waals surface area contributed by atoms with Crippen LogP contribution in [0.5, 0.6) is 0 Å². The standard InChI is InChI=1S/C22H22BrN5O3/c1-13-8-16(25-22(30)31)12-28(11-13)20-6-7-24-10-19(20)27-21(29)17-5-3-14-2-4-15(23)9-18(14)26-17/h2-7,9-10,13,16,25H,8,11-12H2,1H3,(H,27,29)(H,30,31)/t13-,16+/m1/s1. The number of carboxylic acid groups (broad SMARTS) is 1. The molecule has 2 amide bonds. The number of amides is 2. The molecule has 2 aromatic heterocycles. The van der Waals surface area contributed by atoms with Gasteiger partial charge < -0.3 is 20.6 Å². The Hall–Kier alpha value is -3.20. The molecule has 4 rings (SSSR count). The number of pyridine rings is 2. The predicted octanol–water partition coefficient (Wildman–Crippen LogP) is 4.13. The van der Waals surface area contributed by atoms with E-state index in [1.807, 2.05) is 30.3 Å². The van der Waals surface area contributed by atoms with Gasteiger partial charge in [0.05, 0.1) is 23.1 Å². The summed E-state index contributed by atoms with van der Waals surface area (Å²) in [6, 6.07) is 10.9. The Morgan fingerprint density at radius 2 is 2.00 bits per heavy atom. The zero-order valence-electron chi connectivity index (χ0n) is 16.9. The number of halogens is 1. The summed E-state index contributed by atoms with van der Waals surface area (Å²) in [4.78, 5) is 34.7. The van der Waals surface area contributed by atoms with Gasteiger partial charge in [0, 0.05) is 35.2 Å². The van der Waals surface area contributed by atoms with Crippen LogP contribution in [0.15, 0.2) is 53.3 Å². The monoisotopic (exact) mass is 483 g/mol. The topological polar surface area (TPSA) is 107 Å². The highest BCUT2D eigenvalue weighted by Crippen LogP contribution is 2.30. The van der Waals surface area contributed by atoms with Crippen LogP contribution in [0, 0.1) is 5.92 Å². The van der Waals surface area contributed by atoms with Crippen molar-refractivity contribution in [3.8, 4) is 0 Å². The molecule has 3 aromatic rings. The van der Waals surface area contributed by atoms with Crippen molar-refractivity contribution in [2.45, 2.75) is 19.4 Å². The molecule has 3 N–H and O–H groups in total. The summed E-state index contributed by atoms with van der Waals surface area (Å²) >= 11 is 3.43. The molecule has 0 aliphatic carbocycles. The van der Waals surface area contributed by atoms with Crippen molar-refractivity contribution in [3.05, 3.63) is 59.0 Å². The smallest absolute Gasteiger partial charge is 0.404 e. The number of aromatic nitrogens is 2. The van der Waals surface area contributed by atoms with Gasteiger partial charge in [0.15, 0.2) is 0 Å². The Labute approximate surface area is 187 Å². The minimum Gasteiger partial charge on any atom is -0.465 e. The number of rotatable bonds is 4. The number of anilines is 2. The molecule has 31 heavy (non-hydrogen) atoms. The lowest BCUT2D eigenvalue weighted by atomic mass is 9.95. The first-order valence-electron chi connectivity index (χ1n) is 9.95. The Morgan fingerprint density at radius 1 is 1.19 bits per heavy atom. The first-order valence-corrected chi connectivity index (χ1v) is 10.7. The van der Waals surface area contributed by atoms with Crippen LogP contribution in [0.2, 0.25) is 0 Å². The van der Waals surface area contributed by atoms with Gasteiger partial charge in [-0.15, -0.1) is 0 Å². The quantitative estimate of drug-likeness (QED) is 0.514. The molecule has 1 aliphatic heterocycles. The highest BCUT2D eigenvalue weighted by Gasteiger charge is 2.27. The summed E-state index contributed by atoms with van der Waals surface area (Å²) in [7, 11) is 0. The lowest BCUT2D eigenvalue weighted by Gasteiger charge is -2.38. The van der Waals surface area contributed by atoms with Gasteiger partial charge in [-0.25, -0.2) is 9.78 Å². The third-order valence-electron chi connectivity index (χ3n) is 5.26. The molecule has 0 unspecified atom stereocenters.